The van der Waals surface area contributed by atoms with Gasteiger partial charge in [-0.25, -0.2) is 0 Å². The molecule has 0 unspecified atom stereocenters. The van der Waals surface area contributed by atoms with Crippen molar-refractivity contribution in [3.05, 3.63) is 17.5 Å². The van der Waals surface area contributed by atoms with E-state index >= 15 is 0 Å². The molecule has 0 radical (unpaired) electrons. The number of amides is 2. The molecule has 2 aliphatic heterocycles. The summed E-state index contributed by atoms with van der Waals surface area (Å²) in [4.78, 5) is 28.6. The van der Waals surface area contributed by atoms with Crippen molar-refractivity contribution in [2.75, 3.05) is 0 Å². The van der Waals surface area contributed by atoms with Crippen LogP contribution in [0.3, 0.4) is 0 Å². The third-order valence-corrected chi connectivity index (χ3v) is 6.95. The summed E-state index contributed by atoms with van der Waals surface area (Å²) in [6.45, 7) is 8.64. The normalized spacial score (nSPS) is 29.0. The molecule has 6 heteroatoms. The molecular weight excluding hydrogens is 352 g/mol. The van der Waals surface area contributed by atoms with Crippen LogP contribution in [0.1, 0.15) is 70.2 Å². The van der Waals surface area contributed by atoms with E-state index in [2.05, 4.69) is 29.2 Å². The van der Waals surface area contributed by atoms with Crippen molar-refractivity contribution in [3.63, 3.8) is 0 Å². The van der Waals surface area contributed by atoms with Gasteiger partial charge in [-0.2, -0.15) is 5.10 Å². The Morgan fingerprint density at radius 1 is 1.25 bits per heavy atom. The van der Waals surface area contributed by atoms with Crippen LogP contribution in [0.4, 0.5) is 0 Å². The molecule has 1 aromatic heterocycles. The number of nitrogens with zero attached hydrogens (tertiary/aromatic N) is 3. The molecular formula is C22H34N4O2. The average molecular weight is 387 g/mol. The predicted molar refractivity (Wildman–Crippen MR) is 108 cm³/mol. The first kappa shape index (κ1) is 19.5. The number of fused-ring (bicyclic) bond motifs is 2. The summed E-state index contributed by atoms with van der Waals surface area (Å²) in [5.74, 6) is 0.875. The summed E-state index contributed by atoms with van der Waals surface area (Å²) in [7, 11) is 0. The van der Waals surface area contributed by atoms with E-state index in [0.29, 0.717) is 12.0 Å². The number of carbonyl (C=O) groups is 2. The van der Waals surface area contributed by atoms with Crippen LogP contribution in [0, 0.1) is 25.2 Å². The smallest absolute Gasteiger partial charge is 0.244 e. The molecule has 2 amide bonds. The van der Waals surface area contributed by atoms with Crippen LogP contribution in [-0.2, 0) is 16.1 Å². The fourth-order valence-corrected chi connectivity index (χ4v) is 5.33. The van der Waals surface area contributed by atoms with Crippen LogP contribution in [0.5, 0.6) is 0 Å². The highest BCUT2D eigenvalue weighted by Gasteiger charge is 2.61. The largest absolute Gasteiger partial charge is 0.353 e. The van der Waals surface area contributed by atoms with Gasteiger partial charge in [-0.3, -0.25) is 14.3 Å². The third-order valence-electron chi connectivity index (χ3n) is 6.95. The van der Waals surface area contributed by atoms with E-state index in [1.807, 2.05) is 19.9 Å². The molecule has 4 rings (SSSR count). The van der Waals surface area contributed by atoms with E-state index in [9.17, 15) is 9.59 Å². The lowest BCUT2D eigenvalue weighted by Gasteiger charge is -2.36. The van der Waals surface area contributed by atoms with Gasteiger partial charge in [0.25, 0.3) is 0 Å². The first-order valence-electron chi connectivity index (χ1n) is 10.9. The quantitative estimate of drug-likeness (QED) is 0.783. The second-order valence-corrected chi connectivity index (χ2v) is 9.67. The molecule has 3 atom stereocenters. The van der Waals surface area contributed by atoms with E-state index in [0.717, 1.165) is 56.3 Å². The lowest BCUT2D eigenvalue weighted by molar-refractivity contribution is -0.137. The first-order chi connectivity index (χ1) is 13.3. The molecule has 0 spiro atoms. The van der Waals surface area contributed by atoms with Gasteiger partial charge in [-0.1, -0.05) is 13.8 Å². The summed E-state index contributed by atoms with van der Waals surface area (Å²) in [6, 6.07) is 2.61. The van der Waals surface area contributed by atoms with E-state index in [-0.39, 0.29) is 30.4 Å². The third kappa shape index (κ3) is 3.46. The molecule has 28 heavy (non-hydrogen) atoms. The van der Waals surface area contributed by atoms with Crippen LogP contribution in [0.2, 0.25) is 0 Å². The second-order valence-electron chi connectivity index (χ2n) is 9.67. The molecule has 3 aliphatic rings. The van der Waals surface area contributed by atoms with Crippen molar-refractivity contribution in [1.29, 1.82) is 0 Å². The van der Waals surface area contributed by atoms with Gasteiger partial charge in [0.2, 0.25) is 11.8 Å². The summed E-state index contributed by atoms with van der Waals surface area (Å²) in [5.41, 5.74) is 1.54. The number of hydrogen-bond donors (Lipinski definition) is 1. The highest BCUT2D eigenvalue weighted by molar-refractivity contribution is 5.87. The Balaban J connectivity index is 1.55. The zero-order valence-corrected chi connectivity index (χ0v) is 17.7. The maximum absolute atomic E-state index is 13.3. The maximum Gasteiger partial charge on any atom is 0.244 e. The summed E-state index contributed by atoms with van der Waals surface area (Å²) in [5, 5.41) is 7.73. The molecule has 1 saturated carbocycles. The Bertz CT molecular complexity index is 767. The maximum atomic E-state index is 13.3. The lowest BCUT2D eigenvalue weighted by Crippen LogP contribution is -2.51. The second kappa shape index (κ2) is 7.20. The molecule has 0 aromatic carbocycles. The minimum atomic E-state index is -0.402. The van der Waals surface area contributed by atoms with Gasteiger partial charge >= 0.3 is 0 Å². The summed E-state index contributed by atoms with van der Waals surface area (Å²) < 4.78 is 1.80. The van der Waals surface area contributed by atoms with Gasteiger partial charge in [0, 0.05) is 23.8 Å². The van der Waals surface area contributed by atoms with Gasteiger partial charge in [0.05, 0.1) is 11.1 Å². The van der Waals surface area contributed by atoms with Crippen LogP contribution in [0.15, 0.2) is 6.07 Å². The van der Waals surface area contributed by atoms with E-state index in [1.54, 1.807) is 4.68 Å². The Hall–Kier alpha value is -1.85. The van der Waals surface area contributed by atoms with E-state index in [1.165, 1.54) is 0 Å². The Labute approximate surface area is 168 Å². The number of nitrogens with one attached hydrogen (secondary N) is 1. The molecule has 1 aromatic rings. The fourth-order valence-electron chi connectivity index (χ4n) is 5.33. The van der Waals surface area contributed by atoms with Crippen molar-refractivity contribution in [3.8, 4) is 0 Å². The van der Waals surface area contributed by atoms with Crippen LogP contribution in [0.25, 0.3) is 0 Å². The monoisotopic (exact) mass is 386 g/mol. The number of rotatable bonds is 7. The molecule has 6 nitrogen and oxygen atoms in total. The summed E-state index contributed by atoms with van der Waals surface area (Å²) in [6.07, 6.45) is 6.90. The van der Waals surface area contributed by atoms with E-state index in [4.69, 9.17) is 0 Å². The Morgan fingerprint density at radius 3 is 2.61 bits per heavy atom. The molecule has 2 bridgehead atoms. The number of carbonyl (C=O) groups excluding carboxylic acids is 2. The number of hydrogen-bond acceptors (Lipinski definition) is 3. The van der Waals surface area contributed by atoms with Crippen molar-refractivity contribution < 1.29 is 9.59 Å². The van der Waals surface area contributed by atoms with Gasteiger partial charge in [0.15, 0.2) is 0 Å². The van der Waals surface area contributed by atoms with Gasteiger partial charge in [-0.15, -0.1) is 0 Å². The van der Waals surface area contributed by atoms with Gasteiger partial charge in [0.1, 0.15) is 6.54 Å². The van der Waals surface area contributed by atoms with Crippen molar-refractivity contribution in [1.82, 2.24) is 20.0 Å². The highest BCUT2D eigenvalue weighted by atomic mass is 16.2. The minimum Gasteiger partial charge on any atom is -0.353 e. The topological polar surface area (TPSA) is 67.2 Å². The first-order valence-corrected chi connectivity index (χ1v) is 10.9. The van der Waals surface area contributed by atoms with Gasteiger partial charge in [-0.05, 0) is 70.8 Å². The molecule has 1 N–H and O–H groups in total. The van der Waals surface area contributed by atoms with Crippen LogP contribution < -0.4 is 5.32 Å². The predicted octanol–water partition coefficient (Wildman–Crippen LogP) is 2.96. The van der Waals surface area contributed by atoms with E-state index < -0.39 is 5.41 Å². The summed E-state index contributed by atoms with van der Waals surface area (Å²) >= 11 is 0. The standard InChI is InChI=1S/C22H34N4O2/c1-14(2)9-10-22(21(28)23-17-5-6-17)12-18-7-8-19(22)26(18)20(27)13-25-16(4)11-15(3)24-25/h11,14,17-19H,5-10,12-13H2,1-4H3,(H,23,28)/t18-,19+,22+/m1/s1. The van der Waals surface area contributed by atoms with Gasteiger partial charge < -0.3 is 10.2 Å². The fraction of sp³-hybridized carbons (Fsp3) is 0.773. The Morgan fingerprint density at radius 2 is 2.00 bits per heavy atom. The highest BCUT2D eigenvalue weighted by Crippen LogP contribution is 2.53. The molecule has 1 aliphatic carbocycles. The number of aryl methyl sites for hydroxylation is 2. The zero-order chi connectivity index (χ0) is 20.1. The Kier molecular flexibility index (Phi) is 5.00. The molecule has 3 fully saturated rings. The average Bonchev–Trinajstić information content (AvgIpc) is 3.14. The zero-order valence-electron chi connectivity index (χ0n) is 17.7. The van der Waals surface area contributed by atoms with Crippen molar-refractivity contribution in [2.24, 2.45) is 11.3 Å². The SMILES string of the molecule is Cc1cc(C)n(CC(=O)N2[C@@H]3CC[C@H]2[C@@](CCC(C)C)(C(=O)NC2CC2)C3)n1. The minimum absolute atomic E-state index is 0.0412. The molecule has 3 heterocycles. The number of aromatic nitrogens is 2. The molecule has 154 valence electrons. The van der Waals surface area contributed by atoms with Crippen molar-refractivity contribution >= 4 is 11.8 Å². The van der Waals surface area contributed by atoms with Crippen LogP contribution in [-0.4, -0.2) is 44.6 Å². The van der Waals surface area contributed by atoms with Crippen molar-refractivity contribution in [2.45, 2.75) is 97.3 Å². The lowest BCUT2D eigenvalue weighted by atomic mass is 9.69. The van der Waals surface area contributed by atoms with Crippen LogP contribution >= 0.6 is 0 Å². The molecule has 2 saturated heterocycles.